The minimum absolute atomic E-state index is 0.422. The largest absolute Gasteiger partial charge is 0.479 e. The maximum Gasteiger partial charge on any atom is 0.422 e. The molecule has 1 amide bonds. The van der Waals surface area contributed by atoms with Crippen LogP contribution in [0.4, 0.5) is 13.2 Å². The molecule has 110 valence electrons. The molecule has 2 N–H and O–H groups in total. The average molecular weight is 289 g/mol. The lowest BCUT2D eigenvalue weighted by Crippen LogP contribution is -2.62. The molecule has 2 atom stereocenters. The normalized spacial score (nSPS) is 16.1. The van der Waals surface area contributed by atoms with E-state index in [2.05, 4.69) is 0 Å². The second-order valence-electron chi connectivity index (χ2n) is 4.55. The van der Waals surface area contributed by atoms with E-state index in [-0.39, 0.29) is 0 Å². The van der Waals surface area contributed by atoms with Crippen molar-refractivity contribution in [1.82, 2.24) is 5.32 Å². The molecule has 0 saturated carbocycles. The van der Waals surface area contributed by atoms with Gasteiger partial charge in [0.15, 0.2) is 0 Å². The number of hydrogen-bond donors (Lipinski definition) is 2. The number of carbonyl (C=O) groups excluding carboxylic acids is 1. The van der Waals surface area contributed by atoms with Crippen molar-refractivity contribution in [1.29, 1.82) is 0 Å². The summed E-state index contributed by atoms with van der Waals surface area (Å²) in [5.41, 5.74) is -2.81. The van der Waals surface area contributed by atoms with E-state index in [9.17, 15) is 22.8 Å². The van der Waals surface area contributed by atoms with Gasteiger partial charge in [0.1, 0.15) is 0 Å². The summed E-state index contributed by atoms with van der Waals surface area (Å²) >= 11 is 0. The summed E-state index contributed by atoms with van der Waals surface area (Å²) in [7, 11) is 0. The van der Waals surface area contributed by atoms with Gasteiger partial charge in [-0.1, -0.05) is 30.3 Å². The Morgan fingerprint density at radius 3 is 2.10 bits per heavy atom. The van der Waals surface area contributed by atoms with E-state index >= 15 is 0 Å². The first-order valence-corrected chi connectivity index (χ1v) is 5.76. The van der Waals surface area contributed by atoms with Gasteiger partial charge in [-0.2, -0.15) is 13.2 Å². The molecule has 0 bridgehead atoms. The van der Waals surface area contributed by atoms with Gasteiger partial charge in [-0.3, -0.25) is 4.79 Å². The highest BCUT2D eigenvalue weighted by Gasteiger charge is 2.58. The van der Waals surface area contributed by atoms with Gasteiger partial charge < -0.3 is 10.4 Å². The molecule has 0 aliphatic carbocycles. The highest BCUT2D eigenvalue weighted by molar-refractivity contribution is 5.90. The van der Waals surface area contributed by atoms with E-state index in [0.29, 0.717) is 12.5 Å². The van der Waals surface area contributed by atoms with Crippen LogP contribution in [0.5, 0.6) is 0 Å². The smallest absolute Gasteiger partial charge is 0.422 e. The molecule has 7 heteroatoms. The fourth-order valence-corrected chi connectivity index (χ4v) is 1.49. The minimum atomic E-state index is -5.09. The molecule has 4 nitrogen and oxygen atoms in total. The predicted octanol–water partition coefficient (Wildman–Crippen LogP) is 2.31. The van der Waals surface area contributed by atoms with Crippen molar-refractivity contribution >= 4 is 11.9 Å². The number of carboxylic acids is 1. The first-order chi connectivity index (χ1) is 9.09. The zero-order valence-corrected chi connectivity index (χ0v) is 10.9. The molecule has 0 aromatic heterocycles. The molecular formula is C13H14F3NO3. The lowest BCUT2D eigenvalue weighted by Gasteiger charge is -2.29. The molecular weight excluding hydrogens is 275 g/mol. The first kappa shape index (κ1) is 16.0. The molecule has 0 aliphatic heterocycles. The molecule has 0 aliphatic rings. The number of carboxylic acid groups (broad SMARTS) is 1. The Hall–Kier alpha value is -2.05. The van der Waals surface area contributed by atoms with Gasteiger partial charge in [0.2, 0.25) is 11.4 Å². The maximum absolute atomic E-state index is 12.8. The van der Waals surface area contributed by atoms with Crippen LogP contribution < -0.4 is 5.32 Å². The zero-order chi connectivity index (χ0) is 15.6. The topological polar surface area (TPSA) is 66.4 Å². The summed E-state index contributed by atoms with van der Waals surface area (Å²) in [6.07, 6.45) is -5.09. The summed E-state index contributed by atoms with van der Waals surface area (Å²) in [4.78, 5) is 22.7. The monoisotopic (exact) mass is 289 g/mol. The average Bonchev–Trinajstić information content (AvgIpc) is 2.37. The molecule has 2 unspecified atom stereocenters. The second-order valence-corrected chi connectivity index (χ2v) is 4.55. The number of carbonyl (C=O) groups is 2. The van der Waals surface area contributed by atoms with Crippen LogP contribution in [-0.4, -0.2) is 28.7 Å². The third kappa shape index (κ3) is 3.09. The van der Waals surface area contributed by atoms with E-state index in [4.69, 9.17) is 5.11 Å². The maximum atomic E-state index is 12.8. The first-order valence-electron chi connectivity index (χ1n) is 5.76. The van der Waals surface area contributed by atoms with E-state index in [1.807, 2.05) is 0 Å². The van der Waals surface area contributed by atoms with Crippen LogP contribution in [-0.2, 0) is 9.59 Å². The molecule has 1 rings (SSSR count). The van der Waals surface area contributed by atoms with Crippen LogP contribution in [0.2, 0.25) is 0 Å². The Morgan fingerprint density at radius 1 is 1.20 bits per heavy atom. The van der Waals surface area contributed by atoms with Crippen molar-refractivity contribution in [2.75, 3.05) is 0 Å². The Morgan fingerprint density at radius 2 is 1.70 bits per heavy atom. The van der Waals surface area contributed by atoms with Crippen molar-refractivity contribution in [3.8, 4) is 0 Å². The van der Waals surface area contributed by atoms with Crippen LogP contribution in [0, 0.1) is 0 Å². The van der Waals surface area contributed by atoms with Crippen molar-refractivity contribution in [3.63, 3.8) is 0 Å². The standard InChI is InChI=1S/C13H14F3NO3/c1-8(9-6-4-3-5-7-9)10(18)17-12(2,11(19)20)13(14,15)16/h3-8H,1-2H3,(H,17,18)(H,19,20). The summed E-state index contributed by atoms with van der Waals surface area (Å²) in [5.74, 6) is -4.05. The molecule has 1 aromatic rings. The summed E-state index contributed by atoms with van der Waals surface area (Å²) in [6.45, 7) is 1.83. The fourth-order valence-electron chi connectivity index (χ4n) is 1.49. The molecule has 20 heavy (non-hydrogen) atoms. The van der Waals surface area contributed by atoms with Crippen molar-refractivity contribution < 1.29 is 27.9 Å². The van der Waals surface area contributed by atoms with Crippen molar-refractivity contribution in [2.24, 2.45) is 0 Å². The number of hydrogen-bond acceptors (Lipinski definition) is 2. The van der Waals surface area contributed by atoms with Gasteiger partial charge in [-0.25, -0.2) is 4.79 Å². The Balaban J connectivity index is 2.96. The Bertz CT molecular complexity index is 501. The van der Waals surface area contributed by atoms with Crippen LogP contribution in [0.15, 0.2) is 30.3 Å². The highest BCUT2D eigenvalue weighted by Crippen LogP contribution is 2.31. The van der Waals surface area contributed by atoms with Crippen LogP contribution in [0.3, 0.4) is 0 Å². The van der Waals surface area contributed by atoms with E-state index in [1.54, 1.807) is 35.6 Å². The van der Waals surface area contributed by atoms with Gasteiger partial charge in [0.05, 0.1) is 5.92 Å². The SMILES string of the molecule is CC(C(=O)NC(C)(C(=O)O)C(F)(F)F)c1ccccc1. The number of aliphatic carboxylic acids is 1. The predicted molar refractivity (Wildman–Crippen MR) is 65.1 cm³/mol. The fraction of sp³-hybridized carbons (Fsp3) is 0.385. The Labute approximate surface area is 113 Å². The summed E-state index contributed by atoms with van der Waals surface area (Å²) < 4.78 is 38.4. The van der Waals surface area contributed by atoms with Crippen LogP contribution in [0.1, 0.15) is 25.3 Å². The third-order valence-corrected chi connectivity index (χ3v) is 3.06. The highest BCUT2D eigenvalue weighted by atomic mass is 19.4. The number of rotatable bonds is 4. The van der Waals surface area contributed by atoms with Crippen molar-refractivity contribution in [2.45, 2.75) is 31.5 Å². The van der Waals surface area contributed by atoms with E-state index in [0.717, 1.165) is 0 Å². The number of benzene rings is 1. The summed E-state index contributed by atoms with van der Waals surface area (Å²) in [6, 6.07) is 8.13. The zero-order valence-electron chi connectivity index (χ0n) is 10.9. The van der Waals surface area contributed by atoms with Gasteiger partial charge in [-0.15, -0.1) is 0 Å². The third-order valence-electron chi connectivity index (χ3n) is 3.06. The van der Waals surface area contributed by atoms with E-state index < -0.39 is 29.5 Å². The quantitative estimate of drug-likeness (QED) is 0.894. The van der Waals surface area contributed by atoms with Crippen LogP contribution in [0.25, 0.3) is 0 Å². The Kier molecular flexibility index (Phi) is 4.42. The molecule has 0 saturated heterocycles. The summed E-state index contributed by atoms with van der Waals surface area (Å²) in [5, 5.41) is 10.3. The molecule has 0 heterocycles. The number of nitrogens with one attached hydrogen (secondary N) is 1. The number of halogens is 3. The second kappa shape index (κ2) is 5.52. The number of alkyl halides is 3. The minimum Gasteiger partial charge on any atom is -0.479 e. The van der Waals surface area contributed by atoms with Crippen molar-refractivity contribution in [3.05, 3.63) is 35.9 Å². The van der Waals surface area contributed by atoms with Gasteiger partial charge in [0.25, 0.3) is 0 Å². The lowest BCUT2D eigenvalue weighted by molar-refractivity contribution is -0.207. The molecule has 0 spiro atoms. The number of amides is 1. The van der Waals surface area contributed by atoms with Gasteiger partial charge >= 0.3 is 12.1 Å². The molecule has 0 fully saturated rings. The van der Waals surface area contributed by atoms with E-state index in [1.165, 1.54) is 6.92 Å². The molecule has 1 aromatic carbocycles. The molecule has 0 radical (unpaired) electrons. The van der Waals surface area contributed by atoms with Gasteiger partial charge in [-0.05, 0) is 19.4 Å². The van der Waals surface area contributed by atoms with Crippen LogP contribution >= 0.6 is 0 Å². The lowest BCUT2D eigenvalue weighted by atomic mass is 9.96. The van der Waals surface area contributed by atoms with Gasteiger partial charge in [0, 0.05) is 0 Å².